The SMILES string of the molecule is CC(=C(F)C(=O)O)c1ccccc1. The van der Waals surface area contributed by atoms with Crippen LogP contribution in [0, 0.1) is 0 Å². The van der Waals surface area contributed by atoms with Gasteiger partial charge in [-0.15, -0.1) is 0 Å². The smallest absolute Gasteiger partial charge is 0.365 e. The molecule has 0 radical (unpaired) electrons. The number of carboxylic acid groups (broad SMARTS) is 1. The molecule has 68 valence electrons. The number of carboxylic acids is 1. The molecule has 1 aromatic carbocycles. The molecule has 0 unspecified atom stereocenters. The lowest BCUT2D eigenvalue weighted by molar-refractivity contribution is -0.134. The van der Waals surface area contributed by atoms with Crippen molar-refractivity contribution < 1.29 is 14.3 Å². The van der Waals surface area contributed by atoms with E-state index in [0.717, 1.165) is 0 Å². The van der Waals surface area contributed by atoms with Gasteiger partial charge in [-0.3, -0.25) is 0 Å². The van der Waals surface area contributed by atoms with Gasteiger partial charge in [0.1, 0.15) is 0 Å². The van der Waals surface area contributed by atoms with E-state index in [1.807, 2.05) is 0 Å². The normalized spacial score (nSPS) is 12.2. The fraction of sp³-hybridized carbons (Fsp3) is 0.100. The van der Waals surface area contributed by atoms with Gasteiger partial charge in [0.05, 0.1) is 0 Å². The summed E-state index contributed by atoms with van der Waals surface area (Å²) >= 11 is 0. The lowest BCUT2D eigenvalue weighted by Crippen LogP contribution is -1.97. The van der Waals surface area contributed by atoms with Gasteiger partial charge in [-0.25, -0.2) is 4.79 Å². The molecule has 1 aromatic rings. The van der Waals surface area contributed by atoms with Crippen LogP contribution in [0.5, 0.6) is 0 Å². The van der Waals surface area contributed by atoms with Gasteiger partial charge in [-0.05, 0) is 18.1 Å². The summed E-state index contributed by atoms with van der Waals surface area (Å²) in [6, 6.07) is 8.58. The maximum Gasteiger partial charge on any atom is 0.365 e. The van der Waals surface area contributed by atoms with Crippen molar-refractivity contribution in [3.63, 3.8) is 0 Å². The van der Waals surface area contributed by atoms with Gasteiger partial charge in [0.25, 0.3) is 0 Å². The highest BCUT2D eigenvalue weighted by Gasteiger charge is 2.10. The molecule has 0 aliphatic heterocycles. The number of carbonyl (C=O) groups is 1. The molecule has 1 rings (SSSR count). The number of aliphatic carboxylic acids is 1. The molecule has 0 aliphatic carbocycles. The van der Waals surface area contributed by atoms with Crippen LogP contribution >= 0.6 is 0 Å². The number of hydrogen-bond donors (Lipinski definition) is 1. The van der Waals surface area contributed by atoms with Gasteiger partial charge >= 0.3 is 5.97 Å². The zero-order valence-corrected chi connectivity index (χ0v) is 7.12. The third kappa shape index (κ3) is 2.15. The molecular weight excluding hydrogens is 171 g/mol. The van der Waals surface area contributed by atoms with Crippen molar-refractivity contribution in [3.05, 3.63) is 41.7 Å². The van der Waals surface area contributed by atoms with Crippen LogP contribution in [-0.2, 0) is 4.79 Å². The lowest BCUT2D eigenvalue weighted by atomic mass is 10.1. The highest BCUT2D eigenvalue weighted by molar-refractivity contribution is 5.93. The number of allylic oxidation sites excluding steroid dienone is 1. The Bertz CT molecular complexity index is 341. The van der Waals surface area contributed by atoms with E-state index in [2.05, 4.69) is 0 Å². The summed E-state index contributed by atoms with van der Waals surface area (Å²) in [6.07, 6.45) is 0. The van der Waals surface area contributed by atoms with Crippen molar-refractivity contribution >= 4 is 11.5 Å². The van der Waals surface area contributed by atoms with E-state index in [-0.39, 0.29) is 5.57 Å². The molecule has 0 bridgehead atoms. The first-order chi connectivity index (χ1) is 6.13. The first kappa shape index (κ1) is 9.45. The van der Waals surface area contributed by atoms with E-state index in [1.54, 1.807) is 30.3 Å². The minimum Gasteiger partial charge on any atom is -0.476 e. The van der Waals surface area contributed by atoms with Gasteiger partial charge in [0, 0.05) is 0 Å². The average molecular weight is 180 g/mol. The first-order valence-electron chi connectivity index (χ1n) is 3.78. The van der Waals surface area contributed by atoms with Crippen LogP contribution in [-0.4, -0.2) is 11.1 Å². The Morgan fingerprint density at radius 3 is 2.31 bits per heavy atom. The van der Waals surface area contributed by atoms with Gasteiger partial charge in [-0.1, -0.05) is 30.3 Å². The zero-order valence-electron chi connectivity index (χ0n) is 7.12. The molecule has 0 atom stereocenters. The van der Waals surface area contributed by atoms with Crippen LogP contribution in [0.1, 0.15) is 12.5 Å². The average Bonchev–Trinajstić information content (AvgIpc) is 2.17. The fourth-order valence-electron chi connectivity index (χ4n) is 0.975. The summed E-state index contributed by atoms with van der Waals surface area (Å²) in [7, 11) is 0. The summed E-state index contributed by atoms with van der Waals surface area (Å²) in [5.41, 5.74) is 0.732. The Morgan fingerprint density at radius 2 is 1.85 bits per heavy atom. The number of hydrogen-bond acceptors (Lipinski definition) is 1. The predicted octanol–water partition coefficient (Wildman–Crippen LogP) is 2.47. The van der Waals surface area contributed by atoms with E-state index >= 15 is 0 Å². The van der Waals surface area contributed by atoms with Crippen molar-refractivity contribution in [1.29, 1.82) is 0 Å². The molecule has 0 saturated heterocycles. The van der Waals surface area contributed by atoms with Crippen molar-refractivity contribution in [1.82, 2.24) is 0 Å². The zero-order chi connectivity index (χ0) is 9.84. The summed E-state index contributed by atoms with van der Waals surface area (Å²) in [5.74, 6) is -2.63. The Labute approximate surface area is 75.3 Å². The fourth-order valence-corrected chi connectivity index (χ4v) is 0.975. The minimum atomic E-state index is -1.53. The van der Waals surface area contributed by atoms with Crippen molar-refractivity contribution in [2.45, 2.75) is 6.92 Å². The molecule has 1 N–H and O–H groups in total. The summed E-state index contributed by atoms with van der Waals surface area (Å²) in [6.45, 7) is 1.44. The lowest BCUT2D eigenvalue weighted by Gasteiger charge is -2.00. The van der Waals surface area contributed by atoms with E-state index in [1.165, 1.54) is 6.92 Å². The summed E-state index contributed by atoms with van der Waals surface area (Å²) in [5, 5.41) is 8.38. The van der Waals surface area contributed by atoms with Crippen LogP contribution in [0.4, 0.5) is 4.39 Å². The molecule has 0 saturated carbocycles. The van der Waals surface area contributed by atoms with Crippen molar-refractivity contribution in [3.8, 4) is 0 Å². The van der Waals surface area contributed by atoms with E-state index in [0.29, 0.717) is 5.56 Å². The van der Waals surface area contributed by atoms with Crippen LogP contribution in [0.2, 0.25) is 0 Å². The third-order valence-electron chi connectivity index (χ3n) is 1.72. The van der Waals surface area contributed by atoms with Crippen LogP contribution in [0.3, 0.4) is 0 Å². The maximum atomic E-state index is 12.9. The molecule has 0 aliphatic rings. The molecule has 3 heteroatoms. The Hall–Kier alpha value is -1.64. The van der Waals surface area contributed by atoms with E-state index in [9.17, 15) is 9.18 Å². The Morgan fingerprint density at radius 1 is 1.31 bits per heavy atom. The molecule has 0 amide bonds. The number of rotatable bonds is 2. The molecule has 13 heavy (non-hydrogen) atoms. The second-order valence-electron chi connectivity index (χ2n) is 2.61. The van der Waals surface area contributed by atoms with Gasteiger partial charge < -0.3 is 5.11 Å². The van der Waals surface area contributed by atoms with Crippen LogP contribution < -0.4 is 0 Å². The van der Waals surface area contributed by atoms with Gasteiger partial charge in [0.2, 0.25) is 5.83 Å². The maximum absolute atomic E-state index is 12.9. The number of halogens is 1. The highest BCUT2D eigenvalue weighted by atomic mass is 19.1. The number of benzene rings is 1. The quantitative estimate of drug-likeness (QED) is 0.710. The predicted molar refractivity (Wildman–Crippen MR) is 47.8 cm³/mol. The summed E-state index contributed by atoms with van der Waals surface area (Å²) in [4.78, 5) is 10.3. The molecule has 0 spiro atoms. The Kier molecular flexibility index (Phi) is 2.80. The van der Waals surface area contributed by atoms with Crippen molar-refractivity contribution in [2.24, 2.45) is 0 Å². The van der Waals surface area contributed by atoms with Crippen LogP contribution in [0.15, 0.2) is 36.2 Å². The second-order valence-corrected chi connectivity index (χ2v) is 2.61. The first-order valence-corrected chi connectivity index (χ1v) is 3.78. The van der Waals surface area contributed by atoms with Crippen LogP contribution in [0.25, 0.3) is 5.57 Å². The second kappa shape index (κ2) is 3.85. The van der Waals surface area contributed by atoms with E-state index in [4.69, 9.17) is 5.11 Å². The largest absolute Gasteiger partial charge is 0.476 e. The van der Waals surface area contributed by atoms with Crippen molar-refractivity contribution in [2.75, 3.05) is 0 Å². The Balaban J connectivity index is 3.11. The monoisotopic (exact) mass is 180 g/mol. The highest BCUT2D eigenvalue weighted by Crippen LogP contribution is 2.18. The molecule has 2 nitrogen and oxygen atoms in total. The molecular formula is C10H9FO2. The topological polar surface area (TPSA) is 37.3 Å². The third-order valence-corrected chi connectivity index (χ3v) is 1.72. The standard InChI is InChI=1S/C10H9FO2/c1-7(9(11)10(12)13)8-5-3-2-4-6-8/h2-6H,1H3,(H,12,13). The summed E-state index contributed by atoms with van der Waals surface area (Å²) < 4.78 is 12.9. The molecule has 0 aromatic heterocycles. The molecule has 0 heterocycles. The minimum absolute atomic E-state index is 0.146. The molecule has 0 fully saturated rings. The van der Waals surface area contributed by atoms with E-state index < -0.39 is 11.8 Å². The van der Waals surface area contributed by atoms with Gasteiger partial charge in [0.15, 0.2) is 0 Å². The van der Waals surface area contributed by atoms with Gasteiger partial charge in [-0.2, -0.15) is 4.39 Å².